The molecule has 0 unspecified atom stereocenters. The number of hydrogen-bond acceptors (Lipinski definition) is 4. The second-order valence-electron chi connectivity index (χ2n) is 5.66. The van der Waals surface area contributed by atoms with Crippen LogP contribution in [0.15, 0.2) is 41.1 Å². The Labute approximate surface area is 123 Å². The Morgan fingerprint density at radius 2 is 2.05 bits per heavy atom. The van der Waals surface area contributed by atoms with E-state index in [4.69, 9.17) is 9.40 Å². The molecule has 1 fully saturated rings. The summed E-state index contributed by atoms with van der Waals surface area (Å²) in [4.78, 5) is 11.7. The van der Waals surface area contributed by atoms with E-state index >= 15 is 0 Å². The molecule has 0 aromatic carbocycles. The number of rotatable bonds is 2. The highest BCUT2D eigenvalue weighted by molar-refractivity contribution is 5.76. The summed E-state index contributed by atoms with van der Waals surface area (Å²) >= 11 is 0. The van der Waals surface area contributed by atoms with E-state index in [0.717, 1.165) is 48.7 Å². The first kappa shape index (κ1) is 12.6. The Kier molecular flexibility index (Phi) is 3.00. The Morgan fingerprint density at radius 1 is 1.19 bits per heavy atom. The summed E-state index contributed by atoms with van der Waals surface area (Å²) in [5.41, 5.74) is 1.89. The average Bonchev–Trinajstić information content (AvgIpc) is 3.15. The van der Waals surface area contributed by atoms with Gasteiger partial charge in [-0.3, -0.25) is 0 Å². The lowest BCUT2D eigenvalue weighted by atomic mass is 10.1. The molecule has 108 valence electrons. The third-order valence-corrected chi connectivity index (χ3v) is 4.24. The standard InChI is InChI=1S/C16H18N4O/c1-19-9-6-12(7-10-19)20-15-13(4-2-8-17-15)18-16(20)14-5-3-11-21-14/h2-5,8,11-12H,6-7,9-10H2,1H3. The van der Waals surface area contributed by atoms with Crippen LogP contribution in [0, 0.1) is 0 Å². The molecule has 5 heteroatoms. The average molecular weight is 282 g/mol. The van der Waals surface area contributed by atoms with Crippen molar-refractivity contribution in [3.05, 3.63) is 36.7 Å². The summed E-state index contributed by atoms with van der Waals surface area (Å²) in [7, 11) is 2.17. The monoisotopic (exact) mass is 282 g/mol. The normalized spacial score (nSPS) is 17.6. The van der Waals surface area contributed by atoms with Crippen molar-refractivity contribution < 1.29 is 4.42 Å². The molecule has 0 aliphatic carbocycles. The van der Waals surface area contributed by atoms with E-state index in [1.54, 1.807) is 6.26 Å². The van der Waals surface area contributed by atoms with Crippen LogP contribution in [0.5, 0.6) is 0 Å². The van der Waals surface area contributed by atoms with E-state index in [1.807, 2.05) is 30.5 Å². The first-order valence-corrected chi connectivity index (χ1v) is 7.38. The van der Waals surface area contributed by atoms with E-state index in [9.17, 15) is 0 Å². The minimum Gasteiger partial charge on any atom is -0.461 e. The molecule has 3 aromatic heterocycles. The molecule has 21 heavy (non-hydrogen) atoms. The Morgan fingerprint density at radius 3 is 2.81 bits per heavy atom. The summed E-state index contributed by atoms with van der Waals surface area (Å²) in [5, 5.41) is 0. The fourth-order valence-electron chi connectivity index (χ4n) is 3.11. The Hall–Kier alpha value is -2.14. The number of nitrogens with zero attached hydrogens (tertiary/aromatic N) is 4. The van der Waals surface area contributed by atoms with Crippen LogP contribution in [0.1, 0.15) is 18.9 Å². The van der Waals surface area contributed by atoms with Gasteiger partial charge in [0.05, 0.1) is 6.26 Å². The number of pyridine rings is 1. The summed E-state index contributed by atoms with van der Waals surface area (Å²) in [6, 6.07) is 8.25. The fourth-order valence-corrected chi connectivity index (χ4v) is 3.11. The van der Waals surface area contributed by atoms with Gasteiger partial charge in [-0.05, 0) is 57.2 Å². The minimum absolute atomic E-state index is 0.432. The maximum Gasteiger partial charge on any atom is 0.178 e. The summed E-state index contributed by atoms with van der Waals surface area (Å²) < 4.78 is 7.85. The molecule has 3 aromatic rings. The predicted molar refractivity (Wildman–Crippen MR) is 81.0 cm³/mol. The highest BCUT2D eigenvalue weighted by Crippen LogP contribution is 2.32. The van der Waals surface area contributed by atoms with Gasteiger partial charge in [-0.15, -0.1) is 0 Å². The van der Waals surface area contributed by atoms with Crippen LogP contribution in [0.4, 0.5) is 0 Å². The van der Waals surface area contributed by atoms with Gasteiger partial charge >= 0.3 is 0 Å². The highest BCUT2D eigenvalue weighted by Gasteiger charge is 2.25. The highest BCUT2D eigenvalue weighted by atomic mass is 16.3. The number of likely N-dealkylation sites (tertiary alicyclic amines) is 1. The minimum atomic E-state index is 0.432. The van der Waals surface area contributed by atoms with Crippen molar-refractivity contribution in [2.24, 2.45) is 0 Å². The SMILES string of the molecule is CN1CCC(n2c(-c3ccco3)nc3cccnc32)CC1. The smallest absolute Gasteiger partial charge is 0.178 e. The van der Waals surface area contributed by atoms with Gasteiger partial charge in [-0.2, -0.15) is 0 Å². The molecule has 5 nitrogen and oxygen atoms in total. The molecule has 1 saturated heterocycles. The van der Waals surface area contributed by atoms with E-state index < -0.39 is 0 Å². The second kappa shape index (κ2) is 5.00. The van der Waals surface area contributed by atoms with E-state index in [0.29, 0.717) is 6.04 Å². The van der Waals surface area contributed by atoms with Crippen LogP contribution in [-0.2, 0) is 0 Å². The lowest BCUT2D eigenvalue weighted by molar-refractivity contribution is 0.224. The number of piperidine rings is 1. The number of hydrogen-bond donors (Lipinski definition) is 0. The molecule has 4 heterocycles. The van der Waals surface area contributed by atoms with Crippen molar-refractivity contribution in [1.82, 2.24) is 19.4 Å². The number of imidazole rings is 1. The van der Waals surface area contributed by atoms with Crippen LogP contribution in [-0.4, -0.2) is 39.6 Å². The topological polar surface area (TPSA) is 47.1 Å². The first-order valence-electron chi connectivity index (χ1n) is 7.38. The van der Waals surface area contributed by atoms with Gasteiger partial charge in [0, 0.05) is 12.2 Å². The molecule has 0 radical (unpaired) electrons. The molecule has 1 aliphatic rings. The quantitative estimate of drug-likeness (QED) is 0.725. The van der Waals surface area contributed by atoms with Crippen molar-refractivity contribution in [2.75, 3.05) is 20.1 Å². The lowest BCUT2D eigenvalue weighted by Crippen LogP contribution is -2.31. The van der Waals surface area contributed by atoms with E-state index in [1.165, 1.54) is 0 Å². The maximum atomic E-state index is 5.58. The van der Waals surface area contributed by atoms with Gasteiger partial charge in [0.1, 0.15) is 5.52 Å². The molecule has 0 N–H and O–H groups in total. The molecule has 4 rings (SSSR count). The van der Waals surface area contributed by atoms with Crippen LogP contribution in [0.25, 0.3) is 22.7 Å². The number of fused-ring (bicyclic) bond motifs is 1. The molecule has 0 spiro atoms. The van der Waals surface area contributed by atoms with Gasteiger partial charge < -0.3 is 13.9 Å². The molecule has 0 atom stereocenters. The summed E-state index contributed by atoms with van der Waals surface area (Å²) in [6.45, 7) is 2.21. The van der Waals surface area contributed by atoms with Crippen LogP contribution in [0.3, 0.4) is 0 Å². The van der Waals surface area contributed by atoms with Crippen LogP contribution < -0.4 is 0 Å². The largest absolute Gasteiger partial charge is 0.461 e. The predicted octanol–water partition coefficient (Wildman–Crippen LogP) is 2.96. The first-order chi connectivity index (χ1) is 10.3. The maximum absolute atomic E-state index is 5.58. The van der Waals surface area contributed by atoms with Crippen molar-refractivity contribution in [2.45, 2.75) is 18.9 Å². The number of furan rings is 1. The van der Waals surface area contributed by atoms with Gasteiger partial charge in [0.15, 0.2) is 17.2 Å². The van der Waals surface area contributed by atoms with Gasteiger partial charge in [-0.1, -0.05) is 0 Å². The van der Waals surface area contributed by atoms with Gasteiger partial charge in [-0.25, -0.2) is 9.97 Å². The van der Waals surface area contributed by atoms with Crippen molar-refractivity contribution in [1.29, 1.82) is 0 Å². The molecular formula is C16H18N4O. The summed E-state index contributed by atoms with van der Waals surface area (Å²) in [6.07, 6.45) is 5.76. The third-order valence-electron chi connectivity index (χ3n) is 4.24. The molecular weight excluding hydrogens is 264 g/mol. The van der Waals surface area contributed by atoms with Crippen molar-refractivity contribution in [3.63, 3.8) is 0 Å². The van der Waals surface area contributed by atoms with Gasteiger partial charge in [0.2, 0.25) is 0 Å². The van der Waals surface area contributed by atoms with Gasteiger partial charge in [0.25, 0.3) is 0 Å². The molecule has 0 amide bonds. The lowest BCUT2D eigenvalue weighted by Gasteiger charge is -2.30. The molecule has 0 bridgehead atoms. The zero-order valence-corrected chi connectivity index (χ0v) is 12.1. The zero-order chi connectivity index (χ0) is 14.2. The summed E-state index contributed by atoms with van der Waals surface area (Å²) in [5.74, 6) is 1.70. The van der Waals surface area contributed by atoms with Crippen LogP contribution in [0.2, 0.25) is 0 Å². The molecule has 1 aliphatic heterocycles. The van der Waals surface area contributed by atoms with E-state index in [2.05, 4.69) is 21.5 Å². The van der Waals surface area contributed by atoms with Crippen LogP contribution >= 0.6 is 0 Å². The number of aromatic nitrogens is 3. The Balaban J connectivity index is 1.87. The molecule has 0 saturated carbocycles. The van der Waals surface area contributed by atoms with Crippen molar-refractivity contribution >= 4 is 11.2 Å². The third kappa shape index (κ3) is 2.14. The second-order valence-corrected chi connectivity index (χ2v) is 5.66. The van der Waals surface area contributed by atoms with E-state index in [-0.39, 0.29) is 0 Å². The van der Waals surface area contributed by atoms with Crippen molar-refractivity contribution in [3.8, 4) is 11.6 Å². The Bertz CT molecular complexity index is 739. The fraction of sp³-hybridized carbons (Fsp3) is 0.375. The zero-order valence-electron chi connectivity index (χ0n) is 12.1.